The lowest BCUT2D eigenvalue weighted by molar-refractivity contribution is 1.32. The summed E-state index contributed by atoms with van der Waals surface area (Å²) in [6, 6.07) is 6.56. The SMILES string of the molecule is CC.CC.Cc1cc(C)cc(C)c1. The molecular weight excluding hydrogens is 156 g/mol. The summed E-state index contributed by atoms with van der Waals surface area (Å²) in [4.78, 5) is 0. The van der Waals surface area contributed by atoms with Crippen LogP contribution in [0.2, 0.25) is 0 Å². The minimum Gasteiger partial charge on any atom is -0.0683 e. The lowest BCUT2D eigenvalue weighted by atomic mass is 10.1. The third-order valence-corrected chi connectivity index (χ3v) is 1.37. The van der Waals surface area contributed by atoms with Crippen LogP contribution in [-0.2, 0) is 0 Å². The largest absolute Gasteiger partial charge is 0.0683 e. The Balaban J connectivity index is 0. The van der Waals surface area contributed by atoms with Crippen molar-refractivity contribution in [2.75, 3.05) is 0 Å². The molecular formula is C13H24. The molecule has 0 aliphatic rings. The Morgan fingerprint density at radius 1 is 0.538 bits per heavy atom. The number of hydrogen-bond acceptors (Lipinski definition) is 0. The molecule has 0 bridgehead atoms. The molecule has 0 atom stereocenters. The van der Waals surface area contributed by atoms with Crippen molar-refractivity contribution in [3.05, 3.63) is 34.9 Å². The van der Waals surface area contributed by atoms with Gasteiger partial charge in [-0.15, -0.1) is 0 Å². The van der Waals surface area contributed by atoms with Gasteiger partial charge in [0.15, 0.2) is 0 Å². The summed E-state index contributed by atoms with van der Waals surface area (Å²) in [6.07, 6.45) is 0. The van der Waals surface area contributed by atoms with Gasteiger partial charge in [-0.05, 0) is 20.8 Å². The second-order valence-electron chi connectivity index (χ2n) is 2.67. The van der Waals surface area contributed by atoms with Gasteiger partial charge in [0.05, 0.1) is 0 Å². The maximum atomic E-state index is 2.19. The molecule has 0 fully saturated rings. The average molecular weight is 180 g/mol. The van der Waals surface area contributed by atoms with Gasteiger partial charge in [0.2, 0.25) is 0 Å². The van der Waals surface area contributed by atoms with Gasteiger partial charge in [-0.3, -0.25) is 0 Å². The summed E-state index contributed by atoms with van der Waals surface area (Å²) in [7, 11) is 0. The van der Waals surface area contributed by atoms with Crippen molar-refractivity contribution in [1.29, 1.82) is 0 Å². The van der Waals surface area contributed by atoms with Crippen LogP contribution in [0.1, 0.15) is 44.4 Å². The van der Waals surface area contributed by atoms with Crippen molar-refractivity contribution in [2.24, 2.45) is 0 Å². The van der Waals surface area contributed by atoms with Crippen LogP contribution in [0, 0.1) is 20.8 Å². The first-order valence-corrected chi connectivity index (χ1v) is 5.23. The highest BCUT2D eigenvalue weighted by Crippen LogP contribution is 2.06. The molecule has 76 valence electrons. The average Bonchev–Trinajstić information content (AvgIpc) is 2.09. The van der Waals surface area contributed by atoms with E-state index in [2.05, 4.69) is 39.0 Å². The topological polar surface area (TPSA) is 0 Å². The molecule has 0 aliphatic heterocycles. The molecule has 0 aromatic heterocycles. The number of aryl methyl sites for hydroxylation is 3. The Kier molecular flexibility index (Phi) is 10.5. The van der Waals surface area contributed by atoms with Gasteiger partial charge in [-0.2, -0.15) is 0 Å². The first-order chi connectivity index (χ1) is 6.18. The van der Waals surface area contributed by atoms with Gasteiger partial charge < -0.3 is 0 Å². The van der Waals surface area contributed by atoms with Crippen molar-refractivity contribution < 1.29 is 0 Å². The fraction of sp³-hybridized carbons (Fsp3) is 0.538. The quantitative estimate of drug-likeness (QED) is 0.544. The van der Waals surface area contributed by atoms with E-state index in [0.717, 1.165) is 0 Å². The van der Waals surface area contributed by atoms with E-state index in [1.54, 1.807) is 0 Å². The van der Waals surface area contributed by atoms with Crippen molar-refractivity contribution in [2.45, 2.75) is 48.5 Å². The number of hydrogen-bond donors (Lipinski definition) is 0. The lowest BCUT2D eigenvalue weighted by Crippen LogP contribution is -1.78. The van der Waals surface area contributed by atoms with Crippen LogP contribution in [0.4, 0.5) is 0 Å². The zero-order valence-corrected chi connectivity index (χ0v) is 10.2. The summed E-state index contributed by atoms with van der Waals surface area (Å²) in [6.45, 7) is 14.4. The zero-order valence-electron chi connectivity index (χ0n) is 10.2. The maximum absolute atomic E-state index is 2.19. The highest BCUT2D eigenvalue weighted by Gasteiger charge is 1.87. The van der Waals surface area contributed by atoms with E-state index in [-0.39, 0.29) is 0 Å². The Hall–Kier alpha value is -0.780. The Morgan fingerprint density at radius 3 is 0.846 bits per heavy atom. The summed E-state index contributed by atoms with van der Waals surface area (Å²) in [5, 5.41) is 0. The van der Waals surface area contributed by atoms with Crippen LogP contribution in [-0.4, -0.2) is 0 Å². The molecule has 1 aromatic carbocycles. The van der Waals surface area contributed by atoms with E-state index >= 15 is 0 Å². The van der Waals surface area contributed by atoms with Gasteiger partial charge >= 0.3 is 0 Å². The van der Waals surface area contributed by atoms with Crippen LogP contribution >= 0.6 is 0 Å². The molecule has 0 heteroatoms. The highest BCUT2D eigenvalue weighted by molar-refractivity contribution is 5.27. The summed E-state index contributed by atoms with van der Waals surface area (Å²) in [5.41, 5.74) is 4.06. The fourth-order valence-corrected chi connectivity index (χ4v) is 1.20. The predicted molar refractivity (Wildman–Crippen MR) is 63.3 cm³/mol. The van der Waals surface area contributed by atoms with Gasteiger partial charge in [-0.1, -0.05) is 62.6 Å². The van der Waals surface area contributed by atoms with Crippen molar-refractivity contribution >= 4 is 0 Å². The van der Waals surface area contributed by atoms with E-state index < -0.39 is 0 Å². The van der Waals surface area contributed by atoms with Crippen LogP contribution < -0.4 is 0 Å². The molecule has 0 nitrogen and oxygen atoms in total. The Bertz CT molecular complexity index is 161. The van der Waals surface area contributed by atoms with Gasteiger partial charge in [0.1, 0.15) is 0 Å². The lowest BCUT2D eigenvalue weighted by Gasteiger charge is -1.96. The van der Waals surface area contributed by atoms with Crippen molar-refractivity contribution in [3.63, 3.8) is 0 Å². The minimum absolute atomic E-state index is 1.35. The summed E-state index contributed by atoms with van der Waals surface area (Å²) >= 11 is 0. The Morgan fingerprint density at radius 2 is 0.692 bits per heavy atom. The molecule has 0 aliphatic carbocycles. The van der Waals surface area contributed by atoms with E-state index in [9.17, 15) is 0 Å². The molecule has 1 rings (SSSR count). The molecule has 0 amide bonds. The van der Waals surface area contributed by atoms with Gasteiger partial charge in [0.25, 0.3) is 0 Å². The molecule has 13 heavy (non-hydrogen) atoms. The molecule has 0 radical (unpaired) electrons. The van der Waals surface area contributed by atoms with E-state index in [0.29, 0.717) is 0 Å². The zero-order chi connectivity index (χ0) is 10.9. The number of benzene rings is 1. The minimum atomic E-state index is 1.35. The van der Waals surface area contributed by atoms with Crippen LogP contribution in [0.25, 0.3) is 0 Å². The smallest absolute Gasteiger partial charge is 0.0398 e. The number of rotatable bonds is 0. The van der Waals surface area contributed by atoms with Crippen LogP contribution in [0.15, 0.2) is 18.2 Å². The molecule has 0 spiro atoms. The normalized spacial score (nSPS) is 7.62. The van der Waals surface area contributed by atoms with Crippen molar-refractivity contribution in [3.8, 4) is 0 Å². The second kappa shape index (κ2) is 9.31. The van der Waals surface area contributed by atoms with E-state index in [1.807, 2.05) is 27.7 Å². The van der Waals surface area contributed by atoms with Crippen LogP contribution in [0.3, 0.4) is 0 Å². The molecule has 1 aromatic rings. The van der Waals surface area contributed by atoms with Gasteiger partial charge in [-0.25, -0.2) is 0 Å². The first-order valence-electron chi connectivity index (χ1n) is 5.23. The third kappa shape index (κ3) is 7.58. The molecule has 0 N–H and O–H groups in total. The molecule has 0 saturated heterocycles. The van der Waals surface area contributed by atoms with Crippen molar-refractivity contribution in [1.82, 2.24) is 0 Å². The fourth-order valence-electron chi connectivity index (χ4n) is 1.20. The molecule has 0 unspecified atom stereocenters. The summed E-state index contributed by atoms with van der Waals surface area (Å²) in [5.74, 6) is 0. The maximum Gasteiger partial charge on any atom is -0.0398 e. The van der Waals surface area contributed by atoms with Gasteiger partial charge in [0, 0.05) is 0 Å². The Labute approximate surface area is 84.0 Å². The van der Waals surface area contributed by atoms with Crippen LogP contribution in [0.5, 0.6) is 0 Å². The standard InChI is InChI=1S/C9H12.2C2H6/c1-7-4-8(2)6-9(3)5-7;2*1-2/h4-6H,1-3H3;2*1-2H3. The second-order valence-corrected chi connectivity index (χ2v) is 2.67. The molecule has 0 saturated carbocycles. The predicted octanol–water partition coefficient (Wildman–Crippen LogP) is 4.66. The highest BCUT2D eigenvalue weighted by atomic mass is 13.9. The molecule has 0 heterocycles. The summed E-state index contributed by atoms with van der Waals surface area (Å²) < 4.78 is 0. The third-order valence-electron chi connectivity index (χ3n) is 1.37. The van der Waals surface area contributed by atoms with E-state index in [1.165, 1.54) is 16.7 Å². The van der Waals surface area contributed by atoms with E-state index in [4.69, 9.17) is 0 Å². The first kappa shape index (κ1) is 14.7. The monoisotopic (exact) mass is 180 g/mol.